The van der Waals surface area contributed by atoms with Gasteiger partial charge >= 0.3 is 0 Å². The second-order valence-electron chi connectivity index (χ2n) is 3.58. The van der Waals surface area contributed by atoms with E-state index in [4.69, 9.17) is 32.7 Å². The van der Waals surface area contributed by atoms with Gasteiger partial charge in [-0.3, -0.25) is 0 Å². The Hall–Kier alpha value is -0.440. The molecule has 4 heteroatoms. The highest BCUT2D eigenvalue weighted by molar-refractivity contribution is 6.42. The van der Waals surface area contributed by atoms with Crippen LogP contribution in [0.15, 0.2) is 18.2 Å². The Morgan fingerprint density at radius 1 is 1.50 bits per heavy atom. The van der Waals surface area contributed by atoms with Crippen LogP contribution in [-0.2, 0) is 4.74 Å². The van der Waals surface area contributed by atoms with Crippen molar-refractivity contribution in [3.05, 3.63) is 28.2 Å². The third-order valence-electron chi connectivity index (χ3n) is 2.09. The SMILES string of the molecule is CC1(COc2cccc(Cl)c2Cl)CO1. The molecule has 2 nitrogen and oxygen atoms in total. The van der Waals surface area contributed by atoms with Crippen LogP contribution in [0.1, 0.15) is 6.92 Å². The highest BCUT2D eigenvalue weighted by atomic mass is 35.5. The summed E-state index contributed by atoms with van der Waals surface area (Å²) < 4.78 is 10.7. The first-order chi connectivity index (χ1) is 6.61. The molecule has 0 radical (unpaired) electrons. The van der Waals surface area contributed by atoms with E-state index >= 15 is 0 Å². The summed E-state index contributed by atoms with van der Waals surface area (Å²) in [6.07, 6.45) is 0. The number of ether oxygens (including phenoxy) is 2. The Kier molecular flexibility index (Phi) is 2.60. The average Bonchev–Trinajstić information content (AvgIpc) is 2.88. The second kappa shape index (κ2) is 3.61. The smallest absolute Gasteiger partial charge is 0.139 e. The predicted octanol–water partition coefficient (Wildman–Crippen LogP) is 3.16. The maximum atomic E-state index is 5.94. The van der Waals surface area contributed by atoms with Crippen molar-refractivity contribution in [3.8, 4) is 5.75 Å². The summed E-state index contributed by atoms with van der Waals surface area (Å²) in [5, 5.41) is 0.962. The fourth-order valence-corrected chi connectivity index (χ4v) is 1.38. The van der Waals surface area contributed by atoms with Gasteiger partial charge in [-0.2, -0.15) is 0 Å². The lowest BCUT2D eigenvalue weighted by Gasteiger charge is -2.10. The average molecular weight is 233 g/mol. The fraction of sp³-hybridized carbons (Fsp3) is 0.400. The topological polar surface area (TPSA) is 21.8 Å². The molecule has 0 N–H and O–H groups in total. The summed E-state index contributed by atoms with van der Waals surface area (Å²) in [5.74, 6) is 0.607. The summed E-state index contributed by atoms with van der Waals surface area (Å²) in [6.45, 7) is 3.24. The van der Waals surface area contributed by atoms with Crippen LogP contribution >= 0.6 is 23.2 Å². The highest BCUT2D eigenvalue weighted by Gasteiger charge is 2.40. The van der Waals surface area contributed by atoms with Gasteiger partial charge in [0.15, 0.2) is 0 Å². The first-order valence-electron chi connectivity index (χ1n) is 4.31. The number of benzene rings is 1. The standard InChI is InChI=1S/C10H10Cl2O2/c1-10(6-14-10)5-13-8-4-2-3-7(11)9(8)12/h2-4H,5-6H2,1H3. The third kappa shape index (κ3) is 2.14. The van der Waals surface area contributed by atoms with Crippen LogP contribution in [0, 0.1) is 0 Å². The molecule has 76 valence electrons. The zero-order chi connectivity index (χ0) is 10.2. The third-order valence-corrected chi connectivity index (χ3v) is 2.89. The Morgan fingerprint density at radius 2 is 2.21 bits per heavy atom. The van der Waals surface area contributed by atoms with Gasteiger partial charge in [0.25, 0.3) is 0 Å². The fourth-order valence-electron chi connectivity index (χ4n) is 1.03. The number of rotatable bonds is 3. The van der Waals surface area contributed by atoms with Crippen molar-refractivity contribution < 1.29 is 9.47 Å². The molecule has 0 saturated carbocycles. The van der Waals surface area contributed by atoms with Crippen LogP contribution in [0.2, 0.25) is 10.0 Å². The monoisotopic (exact) mass is 232 g/mol. The zero-order valence-electron chi connectivity index (χ0n) is 7.72. The van der Waals surface area contributed by atoms with E-state index in [1.165, 1.54) is 0 Å². The van der Waals surface area contributed by atoms with Gasteiger partial charge in [0.1, 0.15) is 23.0 Å². The summed E-state index contributed by atoms with van der Waals surface area (Å²) in [6, 6.07) is 5.33. The summed E-state index contributed by atoms with van der Waals surface area (Å²) in [7, 11) is 0. The maximum Gasteiger partial charge on any atom is 0.139 e. The Bertz CT molecular complexity index is 348. The Labute approximate surface area is 92.7 Å². The zero-order valence-corrected chi connectivity index (χ0v) is 9.23. The number of epoxide rings is 1. The molecule has 1 heterocycles. The van der Waals surface area contributed by atoms with E-state index in [1.807, 2.05) is 6.92 Å². The van der Waals surface area contributed by atoms with Crippen LogP contribution in [0.4, 0.5) is 0 Å². The van der Waals surface area contributed by atoms with Gasteiger partial charge in [0, 0.05) is 0 Å². The molecule has 1 aliphatic rings. The number of halogens is 2. The lowest BCUT2D eigenvalue weighted by molar-refractivity contribution is 0.202. The molecular formula is C10H10Cl2O2. The Balaban J connectivity index is 2.05. The molecule has 1 fully saturated rings. The van der Waals surface area contributed by atoms with Gasteiger partial charge in [-0.25, -0.2) is 0 Å². The molecule has 1 saturated heterocycles. The van der Waals surface area contributed by atoms with Crippen LogP contribution in [-0.4, -0.2) is 18.8 Å². The molecule has 0 bridgehead atoms. The van der Waals surface area contributed by atoms with Crippen molar-refractivity contribution in [2.45, 2.75) is 12.5 Å². The largest absolute Gasteiger partial charge is 0.489 e. The minimum Gasteiger partial charge on any atom is -0.489 e. The van der Waals surface area contributed by atoms with E-state index in [0.29, 0.717) is 22.4 Å². The lowest BCUT2D eigenvalue weighted by Crippen LogP contribution is -2.17. The molecule has 1 aliphatic heterocycles. The molecule has 1 unspecified atom stereocenters. The lowest BCUT2D eigenvalue weighted by atomic mass is 10.2. The van der Waals surface area contributed by atoms with Crippen molar-refractivity contribution in [1.82, 2.24) is 0 Å². The molecule has 0 spiro atoms. The van der Waals surface area contributed by atoms with Gasteiger partial charge in [-0.15, -0.1) is 0 Å². The van der Waals surface area contributed by atoms with Gasteiger partial charge in [0.05, 0.1) is 11.6 Å². The summed E-state index contributed by atoms with van der Waals surface area (Å²) in [4.78, 5) is 0. The van der Waals surface area contributed by atoms with E-state index in [0.717, 1.165) is 6.61 Å². The van der Waals surface area contributed by atoms with Crippen LogP contribution < -0.4 is 4.74 Å². The molecule has 2 rings (SSSR count). The minimum absolute atomic E-state index is 0.133. The molecule has 1 aromatic carbocycles. The van der Waals surface area contributed by atoms with Crippen molar-refractivity contribution in [3.63, 3.8) is 0 Å². The normalized spacial score (nSPS) is 24.8. The highest BCUT2D eigenvalue weighted by Crippen LogP contribution is 2.33. The van der Waals surface area contributed by atoms with Crippen LogP contribution in [0.3, 0.4) is 0 Å². The van der Waals surface area contributed by atoms with Crippen molar-refractivity contribution in [2.75, 3.05) is 13.2 Å². The minimum atomic E-state index is -0.133. The molecule has 1 atom stereocenters. The van der Waals surface area contributed by atoms with E-state index in [2.05, 4.69) is 0 Å². The molecule has 0 aliphatic carbocycles. The van der Waals surface area contributed by atoms with Gasteiger partial charge in [-0.05, 0) is 19.1 Å². The van der Waals surface area contributed by atoms with Crippen molar-refractivity contribution in [1.29, 1.82) is 0 Å². The van der Waals surface area contributed by atoms with E-state index in [1.54, 1.807) is 18.2 Å². The molecule has 14 heavy (non-hydrogen) atoms. The summed E-state index contributed by atoms with van der Waals surface area (Å²) >= 11 is 11.8. The number of hydrogen-bond acceptors (Lipinski definition) is 2. The maximum absolute atomic E-state index is 5.94. The first kappa shape index (κ1) is 10.1. The second-order valence-corrected chi connectivity index (χ2v) is 4.36. The van der Waals surface area contributed by atoms with Crippen molar-refractivity contribution >= 4 is 23.2 Å². The van der Waals surface area contributed by atoms with E-state index in [-0.39, 0.29) is 5.60 Å². The van der Waals surface area contributed by atoms with Gasteiger partial charge < -0.3 is 9.47 Å². The van der Waals surface area contributed by atoms with E-state index in [9.17, 15) is 0 Å². The number of hydrogen-bond donors (Lipinski definition) is 0. The first-order valence-corrected chi connectivity index (χ1v) is 5.07. The molecule has 0 aromatic heterocycles. The molecule has 1 aromatic rings. The van der Waals surface area contributed by atoms with Gasteiger partial charge in [0.2, 0.25) is 0 Å². The molecular weight excluding hydrogens is 223 g/mol. The van der Waals surface area contributed by atoms with Crippen LogP contribution in [0.5, 0.6) is 5.75 Å². The quantitative estimate of drug-likeness (QED) is 0.748. The van der Waals surface area contributed by atoms with Crippen LogP contribution in [0.25, 0.3) is 0 Å². The predicted molar refractivity (Wildman–Crippen MR) is 56.3 cm³/mol. The van der Waals surface area contributed by atoms with Gasteiger partial charge in [-0.1, -0.05) is 29.3 Å². The molecule has 0 amide bonds. The van der Waals surface area contributed by atoms with Crippen molar-refractivity contribution in [2.24, 2.45) is 0 Å². The summed E-state index contributed by atoms with van der Waals surface area (Å²) in [5.41, 5.74) is -0.133. The van der Waals surface area contributed by atoms with E-state index < -0.39 is 0 Å². The Morgan fingerprint density at radius 3 is 2.86 bits per heavy atom.